The lowest BCUT2D eigenvalue weighted by molar-refractivity contribution is -0.128. The van der Waals surface area contributed by atoms with Crippen molar-refractivity contribution in [3.8, 4) is 0 Å². The number of likely N-dealkylation sites (N-methyl/N-ethyl adjacent to an activating group) is 1. The molecule has 5 rings (SSSR count). The van der Waals surface area contributed by atoms with Crippen LogP contribution in [0.2, 0.25) is 0 Å². The number of carbonyl (C=O) groups is 2. The SMILES string of the molecule is CC(=O)N1CCC2(C1)CN(C(=O)NC1=NN(C)CC1)C1CC(C)C(SON3CCN(C)CC3)C=C12. The number of nitrogens with zero attached hydrogens (tertiary/aromatic N) is 6. The van der Waals surface area contributed by atoms with E-state index in [1.54, 1.807) is 19.0 Å². The Hall–Kier alpha value is -1.82. The maximum atomic E-state index is 13.4. The van der Waals surface area contributed by atoms with Crippen LogP contribution in [0, 0.1) is 11.3 Å². The Morgan fingerprint density at radius 2 is 1.91 bits per heavy atom. The third-order valence-corrected chi connectivity index (χ3v) is 9.44. The van der Waals surface area contributed by atoms with Gasteiger partial charge in [-0.15, -0.1) is 0 Å². The van der Waals surface area contributed by atoms with Crippen LogP contribution >= 0.6 is 12.0 Å². The molecule has 4 heterocycles. The van der Waals surface area contributed by atoms with Crippen LogP contribution < -0.4 is 5.32 Å². The van der Waals surface area contributed by atoms with Crippen LogP contribution in [-0.2, 0) is 9.08 Å². The van der Waals surface area contributed by atoms with Crippen molar-refractivity contribution in [2.45, 2.75) is 44.4 Å². The summed E-state index contributed by atoms with van der Waals surface area (Å²) >= 11 is 1.55. The molecule has 0 aromatic carbocycles. The molecule has 0 saturated carbocycles. The van der Waals surface area contributed by atoms with Crippen molar-refractivity contribution in [2.24, 2.45) is 16.4 Å². The number of hydrogen-bond donors (Lipinski definition) is 1. The summed E-state index contributed by atoms with van der Waals surface area (Å²) in [4.78, 5) is 31.9. The Labute approximate surface area is 212 Å². The minimum absolute atomic E-state index is 0.0529. The van der Waals surface area contributed by atoms with Gasteiger partial charge in [-0.3, -0.25) is 15.1 Å². The minimum Gasteiger partial charge on any atom is -0.342 e. The molecule has 4 aliphatic heterocycles. The number of piperazine rings is 1. The molecule has 0 bridgehead atoms. The van der Waals surface area contributed by atoms with E-state index in [1.165, 1.54) is 5.57 Å². The number of likely N-dealkylation sites (tertiary alicyclic amines) is 2. The molecule has 1 spiro atoms. The van der Waals surface area contributed by atoms with Gasteiger partial charge in [0, 0.05) is 90.2 Å². The molecule has 1 N–H and O–H groups in total. The van der Waals surface area contributed by atoms with Gasteiger partial charge in [-0.25, -0.2) is 9.08 Å². The number of nitrogens with one attached hydrogen (secondary N) is 1. The van der Waals surface area contributed by atoms with Crippen molar-refractivity contribution >= 4 is 29.8 Å². The zero-order chi connectivity index (χ0) is 24.7. The van der Waals surface area contributed by atoms with Gasteiger partial charge < -0.3 is 14.7 Å². The number of amidine groups is 1. The second-order valence-electron chi connectivity index (χ2n) is 10.9. The van der Waals surface area contributed by atoms with Crippen LogP contribution in [-0.4, -0.2) is 120 Å². The van der Waals surface area contributed by atoms with E-state index in [-0.39, 0.29) is 28.6 Å². The van der Waals surface area contributed by atoms with Crippen molar-refractivity contribution in [1.82, 2.24) is 30.1 Å². The molecular weight excluding hydrogens is 466 g/mol. The quantitative estimate of drug-likeness (QED) is 0.459. The lowest BCUT2D eigenvalue weighted by atomic mass is 9.74. The van der Waals surface area contributed by atoms with Crippen LogP contribution in [0.5, 0.6) is 0 Å². The molecule has 5 aliphatic rings. The zero-order valence-electron chi connectivity index (χ0n) is 21.4. The second-order valence-corrected chi connectivity index (χ2v) is 11.8. The topological polar surface area (TPSA) is 84.0 Å². The average molecular weight is 506 g/mol. The number of hydrazone groups is 1. The van der Waals surface area contributed by atoms with Crippen molar-refractivity contribution < 1.29 is 13.9 Å². The Kier molecular flexibility index (Phi) is 7.04. The summed E-state index contributed by atoms with van der Waals surface area (Å²) < 4.78 is 6.17. The maximum absolute atomic E-state index is 13.4. The summed E-state index contributed by atoms with van der Waals surface area (Å²) in [5, 5.41) is 11.6. The van der Waals surface area contributed by atoms with E-state index in [4.69, 9.17) is 4.28 Å². The lowest BCUT2D eigenvalue weighted by Crippen LogP contribution is -2.47. The first-order chi connectivity index (χ1) is 16.7. The summed E-state index contributed by atoms with van der Waals surface area (Å²) in [7, 11) is 4.06. The number of urea groups is 1. The van der Waals surface area contributed by atoms with Crippen LogP contribution in [0.25, 0.3) is 0 Å². The van der Waals surface area contributed by atoms with Crippen molar-refractivity contribution in [3.63, 3.8) is 0 Å². The van der Waals surface area contributed by atoms with E-state index in [2.05, 4.69) is 40.4 Å². The Balaban J connectivity index is 1.34. The van der Waals surface area contributed by atoms with E-state index < -0.39 is 0 Å². The molecule has 3 fully saturated rings. The molecule has 11 heteroatoms. The summed E-state index contributed by atoms with van der Waals surface area (Å²) in [5.74, 6) is 1.21. The molecule has 4 atom stereocenters. The molecule has 1 aliphatic carbocycles. The molecular formula is C24H39N7O3S. The fourth-order valence-electron chi connectivity index (χ4n) is 6.09. The standard InChI is InChI=1S/C24H39N7O3S/c1-17-13-20-19(14-21(17)35-34-30-11-9-27(3)10-12-30)24(6-8-29(15-24)18(2)32)16-31(20)23(33)25-22-5-7-28(4)26-22/h14,17,20-21H,5-13,15-16H2,1-4H3,(H,25,26,33). The highest BCUT2D eigenvalue weighted by atomic mass is 32.2. The summed E-state index contributed by atoms with van der Waals surface area (Å²) in [6.45, 7) is 10.6. The van der Waals surface area contributed by atoms with Crippen molar-refractivity contribution in [1.29, 1.82) is 0 Å². The molecule has 0 radical (unpaired) electrons. The van der Waals surface area contributed by atoms with E-state index in [9.17, 15) is 9.59 Å². The monoisotopic (exact) mass is 505 g/mol. The molecule has 35 heavy (non-hydrogen) atoms. The number of amides is 3. The third-order valence-electron chi connectivity index (χ3n) is 8.32. The second kappa shape index (κ2) is 9.91. The van der Waals surface area contributed by atoms with E-state index >= 15 is 0 Å². The van der Waals surface area contributed by atoms with Crippen LogP contribution in [0.3, 0.4) is 0 Å². The highest BCUT2D eigenvalue weighted by Gasteiger charge is 2.55. The fraction of sp³-hybridized carbons (Fsp3) is 0.792. The van der Waals surface area contributed by atoms with Crippen molar-refractivity contribution in [3.05, 3.63) is 11.6 Å². The van der Waals surface area contributed by atoms with E-state index in [0.29, 0.717) is 19.0 Å². The highest BCUT2D eigenvalue weighted by molar-refractivity contribution is 7.95. The molecule has 194 valence electrons. The summed E-state index contributed by atoms with van der Waals surface area (Å²) in [6.07, 6.45) is 4.92. The molecule has 3 saturated heterocycles. The molecule has 10 nitrogen and oxygen atoms in total. The normalized spacial score (nSPS) is 33.8. The largest absolute Gasteiger partial charge is 0.342 e. The number of hydroxylamine groups is 2. The van der Waals surface area contributed by atoms with Crippen LogP contribution in [0.4, 0.5) is 4.79 Å². The number of fused-ring (bicyclic) bond motifs is 2. The molecule has 4 unspecified atom stereocenters. The Bertz CT molecular complexity index is 906. The first kappa shape index (κ1) is 24.9. The number of carbonyl (C=O) groups excluding carboxylic acids is 2. The fourth-order valence-corrected chi connectivity index (χ4v) is 6.96. The van der Waals surface area contributed by atoms with Gasteiger partial charge in [0.15, 0.2) is 0 Å². The van der Waals surface area contributed by atoms with Gasteiger partial charge in [-0.05, 0) is 31.4 Å². The lowest BCUT2D eigenvalue weighted by Gasteiger charge is -2.37. The van der Waals surface area contributed by atoms with Crippen LogP contribution in [0.15, 0.2) is 16.8 Å². The first-order valence-corrected chi connectivity index (χ1v) is 13.7. The van der Waals surface area contributed by atoms with Gasteiger partial charge in [0.2, 0.25) is 5.91 Å². The Morgan fingerprint density at radius 1 is 1.14 bits per heavy atom. The van der Waals surface area contributed by atoms with Gasteiger partial charge in [0.25, 0.3) is 0 Å². The summed E-state index contributed by atoms with van der Waals surface area (Å²) in [5.41, 5.74) is 1.15. The molecule has 0 aromatic heterocycles. The Morgan fingerprint density at radius 3 is 2.57 bits per heavy atom. The third kappa shape index (κ3) is 5.05. The van der Waals surface area contributed by atoms with Gasteiger partial charge in [0.1, 0.15) is 5.84 Å². The predicted octanol–water partition coefficient (Wildman–Crippen LogP) is 1.43. The van der Waals surface area contributed by atoms with Crippen molar-refractivity contribution in [2.75, 3.05) is 66.5 Å². The number of hydrogen-bond acceptors (Lipinski definition) is 8. The zero-order valence-corrected chi connectivity index (χ0v) is 22.2. The maximum Gasteiger partial charge on any atom is 0.323 e. The minimum atomic E-state index is -0.172. The van der Waals surface area contributed by atoms with E-state index in [0.717, 1.165) is 64.4 Å². The average Bonchev–Trinajstić information content (AvgIpc) is 3.52. The molecule has 0 aromatic rings. The van der Waals surface area contributed by atoms with Gasteiger partial charge in [0.05, 0.1) is 11.3 Å². The van der Waals surface area contributed by atoms with Gasteiger partial charge >= 0.3 is 6.03 Å². The highest BCUT2D eigenvalue weighted by Crippen LogP contribution is 2.52. The predicted molar refractivity (Wildman–Crippen MR) is 136 cm³/mol. The van der Waals surface area contributed by atoms with Gasteiger partial charge in [-0.1, -0.05) is 13.0 Å². The van der Waals surface area contributed by atoms with E-state index in [1.807, 2.05) is 21.9 Å². The number of rotatable bonds is 3. The smallest absolute Gasteiger partial charge is 0.323 e. The van der Waals surface area contributed by atoms with Crippen LogP contribution in [0.1, 0.15) is 33.1 Å². The summed E-state index contributed by atoms with van der Waals surface area (Å²) in [6, 6.07) is -0.0165. The first-order valence-electron chi connectivity index (χ1n) is 12.8. The van der Waals surface area contributed by atoms with Gasteiger partial charge in [-0.2, -0.15) is 10.2 Å². The molecule has 3 amide bonds.